The number of para-hydroxylation sites is 4. The predicted molar refractivity (Wildman–Crippen MR) is 119 cm³/mol. The number of hydrogen-bond acceptors (Lipinski definition) is 2. The van der Waals surface area contributed by atoms with E-state index in [0.717, 1.165) is 24.4 Å². The molecule has 3 aromatic carbocycles. The second-order valence-corrected chi connectivity index (χ2v) is 7.46. The molecular formula is C25H23N3O2. The molecule has 0 aliphatic carbocycles. The molecule has 150 valence electrons. The summed E-state index contributed by atoms with van der Waals surface area (Å²) in [5.74, 6) is 1.36. The van der Waals surface area contributed by atoms with Gasteiger partial charge >= 0.3 is 6.03 Å². The first kappa shape index (κ1) is 18.3. The summed E-state index contributed by atoms with van der Waals surface area (Å²) in [6.45, 7) is 2.21. The Hall–Kier alpha value is -3.73. The van der Waals surface area contributed by atoms with Gasteiger partial charge < -0.3 is 19.5 Å². The van der Waals surface area contributed by atoms with Gasteiger partial charge in [-0.2, -0.15) is 0 Å². The van der Waals surface area contributed by atoms with Crippen molar-refractivity contribution in [3.63, 3.8) is 0 Å². The summed E-state index contributed by atoms with van der Waals surface area (Å²) in [7, 11) is 0. The summed E-state index contributed by atoms with van der Waals surface area (Å²) < 4.78 is 8.31. The van der Waals surface area contributed by atoms with Crippen molar-refractivity contribution in [3.8, 4) is 11.5 Å². The summed E-state index contributed by atoms with van der Waals surface area (Å²) in [4.78, 5) is 15.0. The van der Waals surface area contributed by atoms with Crippen LogP contribution in [-0.2, 0) is 13.1 Å². The van der Waals surface area contributed by atoms with Gasteiger partial charge in [-0.25, -0.2) is 4.79 Å². The van der Waals surface area contributed by atoms with Crippen LogP contribution in [0.25, 0.3) is 10.9 Å². The van der Waals surface area contributed by atoms with Crippen LogP contribution in [0, 0.1) is 0 Å². The summed E-state index contributed by atoms with van der Waals surface area (Å²) >= 11 is 0. The predicted octanol–water partition coefficient (Wildman–Crippen LogP) is 5.87. The zero-order valence-corrected chi connectivity index (χ0v) is 16.6. The third-order valence-electron chi connectivity index (χ3n) is 5.45. The van der Waals surface area contributed by atoms with Crippen molar-refractivity contribution in [2.75, 3.05) is 11.9 Å². The molecule has 1 aromatic heterocycles. The number of nitrogens with one attached hydrogen (secondary N) is 1. The average Bonchev–Trinajstić information content (AvgIpc) is 2.98. The van der Waals surface area contributed by atoms with Crippen molar-refractivity contribution < 1.29 is 9.53 Å². The second kappa shape index (κ2) is 7.95. The van der Waals surface area contributed by atoms with Gasteiger partial charge in [-0.1, -0.05) is 48.5 Å². The van der Waals surface area contributed by atoms with Crippen LogP contribution >= 0.6 is 0 Å². The Bertz CT molecular complexity index is 1180. The van der Waals surface area contributed by atoms with Gasteiger partial charge in [0.15, 0.2) is 5.75 Å². The lowest BCUT2D eigenvalue weighted by Crippen LogP contribution is -2.34. The molecule has 1 aliphatic heterocycles. The first-order chi connectivity index (χ1) is 14.8. The van der Waals surface area contributed by atoms with Crippen LogP contribution in [0.5, 0.6) is 11.5 Å². The fraction of sp³-hybridized carbons (Fsp3) is 0.160. The molecule has 5 rings (SSSR count). The Morgan fingerprint density at radius 3 is 2.53 bits per heavy atom. The largest absolute Gasteiger partial charge is 0.455 e. The molecule has 0 spiro atoms. The smallest absolute Gasteiger partial charge is 0.322 e. The standard InChI is InChI=1S/C25H23N3O2/c29-25(26-22-12-5-7-14-24(22)30-21-10-2-1-3-11-21)27-15-8-16-28-20(18-27)17-19-9-4-6-13-23(19)28/h1-7,9-14,17H,8,15-16,18H2,(H,26,29). The summed E-state index contributed by atoms with van der Waals surface area (Å²) in [6, 6.07) is 27.6. The van der Waals surface area contributed by atoms with Gasteiger partial charge in [0.1, 0.15) is 5.75 Å². The molecule has 0 saturated heterocycles. The van der Waals surface area contributed by atoms with E-state index in [2.05, 4.69) is 40.2 Å². The molecule has 5 nitrogen and oxygen atoms in total. The lowest BCUT2D eigenvalue weighted by atomic mass is 10.2. The first-order valence-electron chi connectivity index (χ1n) is 10.2. The van der Waals surface area contributed by atoms with Crippen LogP contribution in [0.2, 0.25) is 0 Å². The summed E-state index contributed by atoms with van der Waals surface area (Å²) in [6.07, 6.45) is 0.918. The highest BCUT2D eigenvalue weighted by Crippen LogP contribution is 2.30. The highest BCUT2D eigenvalue weighted by atomic mass is 16.5. The fourth-order valence-electron chi connectivity index (χ4n) is 4.00. The number of nitrogens with zero attached hydrogens (tertiary/aromatic N) is 2. The molecule has 1 aliphatic rings. The quantitative estimate of drug-likeness (QED) is 0.470. The molecule has 2 amide bonds. The van der Waals surface area contributed by atoms with Crippen LogP contribution in [0.4, 0.5) is 10.5 Å². The van der Waals surface area contributed by atoms with Gasteiger partial charge in [-0.15, -0.1) is 0 Å². The molecule has 0 fully saturated rings. The van der Waals surface area contributed by atoms with E-state index in [0.29, 0.717) is 24.5 Å². The Morgan fingerprint density at radius 2 is 1.63 bits per heavy atom. The van der Waals surface area contributed by atoms with Crippen molar-refractivity contribution in [1.82, 2.24) is 9.47 Å². The van der Waals surface area contributed by atoms with Crippen molar-refractivity contribution in [1.29, 1.82) is 0 Å². The maximum Gasteiger partial charge on any atom is 0.322 e. The van der Waals surface area contributed by atoms with Gasteiger partial charge in [0.05, 0.1) is 12.2 Å². The van der Waals surface area contributed by atoms with Crippen molar-refractivity contribution >= 4 is 22.6 Å². The van der Waals surface area contributed by atoms with Gasteiger partial charge in [0.2, 0.25) is 0 Å². The number of benzene rings is 3. The number of ether oxygens (including phenoxy) is 1. The topological polar surface area (TPSA) is 46.5 Å². The van der Waals surface area contributed by atoms with Gasteiger partial charge in [0.25, 0.3) is 0 Å². The molecule has 2 heterocycles. The van der Waals surface area contributed by atoms with Crippen LogP contribution in [0.15, 0.2) is 84.9 Å². The third-order valence-corrected chi connectivity index (χ3v) is 5.45. The van der Waals surface area contributed by atoms with Crippen LogP contribution < -0.4 is 10.1 Å². The molecule has 0 bridgehead atoms. The molecule has 0 saturated carbocycles. The molecule has 5 heteroatoms. The first-order valence-corrected chi connectivity index (χ1v) is 10.2. The van der Waals surface area contributed by atoms with E-state index >= 15 is 0 Å². The second-order valence-electron chi connectivity index (χ2n) is 7.46. The maximum atomic E-state index is 13.1. The number of carbonyl (C=O) groups is 1. The van der Waals surface area contributed by atoms with Crippen LogP contribution in [-0.4, -0.2) is 22.0 Å². The number of rotatable bonds is 3. The highest BCUT2D eigenvalue weighted by Gasteiger charge is 2.21. The monoisotopic (exact) mass is 397 g/mol. The van der Waals surface area contributed by atoms with Crippen molar-refractivity contribution in [3.05, 3.63) is 90.6 Å². The minimum atomic E-state index is -0.113. The zero-order chi connectivity index (χ0) is 20.3. The van der Waals surface area contributed by atoms with Gasteiger partial charge in [0, 0.05) is 24.3 Å². The summed E-state index contributed by atoms with van der Waals surface area (Å²) in [5, 5.41) is 4.26. The van der Waals surface area contributed by atoms with Crippen molar-refractivity contribution in [2.24, 2.45) is 0 Å². The van der Waals surface area contributed by atoms with E-state index in [9.17, 15) is 4.79 Å². The minimum Gasteiger partial charge on any atom is -0.455 e. The number of amides is 2. The lowest BCUT2D eigenvalue weighted by molar-refractivity contribution is 0.210. The minimum absolute atomic E-state index is 0.113. The molecule has 0 radical (unpaired) electrons. The lowest BCUT2D eigenvalue weighted by Gasteiger charge is -2.21. The maximum absolute atomic E-state index is 13.1. The van der Waals surface area contributed by atoms with E-state index in [1.165, 1.54) is 10.9 Å². The Labute approximate surface area is 175 Å². The van der Waals surface area contributed by atoms with E-state index in [1.807, 2.05) is 59.5 Å². The molecular weight excluding hydrogens is 374 g/mol. The molecule has 4 aromatic rings. The van der Waals surface area contributed by atoms with Gasteiger partial charge in [-0.3, -0.25) is 0 Å². The van der Waals surface area contributed by atoms with E-state index in [-0.39, 0.29) is 6.03 Å². The molecule has 1 N–H and O–H groups in total. The summed E-state index contributed by atoms with van der Waals surface area (Å²) in [5.41, 5.74) is 3.06. The number of aromatic nitrogens is 1. The molecule has 0 unspecified atom stereocenters. The SMILES string of the molecule is O=C(Nc1ccccc1Oc1ccccc1)N1CCCn2c(cc3ccccc32)C1. The number of anilines is 1. The Morgan fingerprint density at radius 1 is 0.867 bits per heavy atom. The van der Waals surface area contributed by atoms with E-state index < -0.39 is 0 Å². The average molecular weight is 397 g/mol. The van der Waals surface area contributed by atoms with E-state index in [1.54, 1.807) is 0 Å². The number of urea groups is 1. The number of fused-ring (bicyclic) bond motifs is 3. The number of hydrogen-bond donors (Lipinski definition) is 1. The van der Waals surface area contributed by atoms with Crippen molar-refractivity contribution in [2.45, 2.75) is 19.5 Å². The normalized spacial score (nSPS) is 13.5. The fourth-order valence-corrected chi connectivity index (χ4v) is 4.00. The highest BCUT2D eigenvalue weighted by molar-refractivity contribution is 5.91. The molecule has 0 atom stereocenters. The van der Waals surface area contributed by atoms with Crippen LogP contribution in [0.1, 0.15) is 12.1 Å². The molecule has 30 heavy (non-hydrogen) atoms. The zero-order valence-electron chi connectivity index (χ0n) is 16.6. The number of aryl methyl sites for hydroxylation is 1. The third kappa shape index (κ3) is 3.62. The number of carbonyl (C=O) groups excluding carboxylic acids is 1. The Balaban J connectivity index is 1.36. The van der Waals surface area contributed by atoms with Gasteiger partial charge in [-0.05, 0) is 48.2 Å². The van der Waals surface area contributed by atoms with Crippen LogP contribution in [0.3, 0.4) is 0 Å². The van der Waals surface area contributed by atoms with E-state index in [4.69, 9.17) is 4.74 Å². The Kier molecular flexibility index (Phi) is 4.85.